The van der Waals surface area contributed by atoms with Crippen LogP contribution in [0.2, 0.25) is 19.6 Å². The quantitative estimate of drug-likeness (QED) is 0.407. The van der Waals surface area contributed by atoms with Crippen LogP contribution in [0.25, 0.3) is 32.8 Å². The van der Waals surface area contributed by atoms with E-state index in [9.17, 15) is 0 Å². The Kier molecular flexibility index (Phi) is 3.24. The van der Waals surface area contributed by atoms with Crippen molar-refractivity contribution < 1.29 is 0 Å². The monoisotopic (exact) mass is 368 g/mol. The van der Waals surface area contributed by atoms with Gasteiger partial charge in [-0.15, -0.1) is 0 Å². The molecule has 0 N–H and O–H groups in total. The highest BCUT2D eigenvalue weighted by molar-refractivity contribution is 6.88. The zero-order chi connectivity index (χ0) is 19.0. The Morgan fingerprint density at radius 1 is 0.889 bits per heavy atom. The molecular weight excluding hydrogens is 344 g/mol. The number of hydrogen-bond donors (Lipinski definition) is 0. The fourth-order valence-corrected chi connectivity index (χ4v) is 5.79. The first-order valence-corrected chi connectivity index (χ1v) is 13.1. The minimum Gasteiger partial charge on any atom is -0.264 e. The van der Waals surface area contributed by atoms with E-state index >= 15 is 0 Å². The van der Waals surface area contributed by atoms with Crippen LogP contribution in [0.1, 0.15) is 25.0 Å². The zero-order valence-corrected chi connectivity index (χ0v) is 17.6. The molecule has 0 saturated heterocycles. The first kappa shape index (κ1) is 16.6. The molecule has 2 aromatic carbocycles. The summed E-state index contributed by atoms with van der Waals surface area (Å²) in [6, 6.07) is 13.6. The van der Waals surface area contributed by atoms with Crippen LogP contribution >= 0.6 is 0 Å². The van der Waals surface area contributed by atoms with Crippen LogP contribution in [-0.4, -0.2) is 18.0 Å². The van der Waals surface area contributed by atoms with Gasteiger partial charge in [-0.1, -0.05) is 62.9 Å². The lowest BCUT2D eigenvalue weighted by atomic mass is 9.68. The van der Waals surface area contributed by atoms with E-state index in [1.54, 1.807) is 0 Å². The number of aromatic nitrogens is 2. The van der Waals surface area contributed by atoms with Crippen molar-refractivity contribution in [3.8, 4) is 11.3 Å². The molecule has 27 heavy (non-hydrogen) atoms. The maximum absolute atomic E-state index is 4.84. The fraction of sp³-hybridized carbons (Fsp3) is 0.250. The van der Waals surface area contributed by atoms with E-state index in [4.69, 9.17) is 4.98 Å². The van der Waals surface area contributed by atoms with E-state index in [1.165, 1.54) is 43.4 Å². The number of pyridine rings is 2. The summed E-state index contributed by atoms with van der Waals surface area (Å²) < 4.78 is 0. The SMILES string of the molecule is CC1(C)c2c(ccc3cnccc23)-c2nccc3cc([Si](C)(C)C)cc1c23. The van der Waals surface area contributed by atoms with Crippen molar-refractivity contribution in [3.05, 3.63) is 66.1 Å². The molecule has 0 saturated carbocycles. The Labute approximate surface area is 161 Å². The van der Waals surface area contributed by atoms with Crippen molar-refractivity contribution in [1.29, 1.82) is 0 Å². The third kappa shape index (κ3) is 2.24. The summed E-state index contributed by atoms with van der Waals surface area (Å²) in [5.41, 5.74) is 5.09. The lowest BCUT2D eigenvalue weighted by Gasteiger charge is -2.36. The molecule has 134 valence electrons. The molecular formula is C24H24N2Si. The molecule has 4 aromatic rings. The Balaban J connectivity index is 1.99. The summed E-state index contributed by atoms with van der Waals surface area (Å²) in [6.07, 6.45) is 5.84. The fourth-order valence-electron chi connectivity index (χ4n) is 4.62. The summed E-state index contributed by atoms with van der Waals surface area (Å²) in [5, 5.41) is 6.64. The van der Waals surface area contributed by atoms with Gasteiger partial charge in [-0.25, -0.2) is 0 Å². The molecule has 0 aliphatic heterocycles. The second kappa shape index (κ2) is 5.26. The van der Waals surface area contributed by atoms with Crippen LogP contribution in [0, 0.1) is 0 Å². The lowest BCUT2D eigenvalue weighted by molar-refractivity contribution is 0.651. The highest BCUT2D eigenvalue weighted by atomic mass is 28.3. The smallest absolute Gasteiger partial charge is 0.0786 e. The van der Waals surface area contributed by atoms with Gasteiger partial charge in [0.25, 0.3) is 0 Å². The van der Waals surface area contributed by atoms with Crippen LogP contribution in [0.4, 0.5) is 0 Å². The largest absolute Gasteiger partial charge is 0.264 e. The maximum atomic E-state index is 4.84. The summed E-state index contributed by atoms with van der Waals surface area (Å²) in [5.74, 6) is 0. The van der Waals surface area contributed by atoms with E-state index in [1.807, 2.05) is 18.6 Å². The van der Waals surface area contributed by atoms with Gasteiger partial charge in [-0.05, 0) is 34.0 Å². The van der Waals surface area contributed by atoms with Gasteiger partial charge in [0.15, 0.2) is 0 Å². The molecule has 5 rings (SSSR count). The molecule has 2 nitrogen and oxygen atoms in total. The number of hydrogen-bond acceptors (Lipinski definition) is 2. The Morgan fingerprint density at radius 2 is 1.70 bits per heavy atom. The Hall–Kier alpha value is -2.52. The summed E-state index contributed by atoms with van der Waals surface area (Å²) in [7, 11) is -1.43. The molecule has 3 heteroatoms. The summed E-state index contributed by atoms with van der Waals surface area (Å²) in [6.45, 7) is 12.0. The molecule has 0 radical (unpaired) electrons. The first-order valence-electron chi connectivity index (χ1n) is 9.60. The minimum atomic E-state index is -1.43. The van der Waals surface area contributed by atoms with Gasteiger partial charge in [0.05, 0.1) is 13.8 Å². The molecule has 2 aromatic heterocycles. The van der Waals surface area contributed by atoms with E-state index in [-0.39, 0.29) is 5.41 Å². The van der Waals surface area contributed by atoms with Gasteiger partial charge in [-0.2, -0.15) is 0 Å². The summed E-state index contributed by atoms with van der Waals surface area (Å²) in [4.78, 5) is 9.17. The molecule has 0 spiro atoms. The number of fused-ring (bicyclic) bond motifs is 4. The highest BCUT2D eigenvalue weighted by Gasteiger charge is 2.36. The zero-order valence-electron chi connectivity index (χ0n) is 16.6. The lowest BCUT2D eigenvalue weighted by Crippen LogP contribution is -2.39. The van der Waals surface area contributed by atoms with E-state index < -0.39 is 8.07 Å². The normalized spacial score (nSPS) is 15.1. The molecule has 0 amide bonds. The van der Waals surface area contributed by atoms with Crippen molar-refractivity contribution in [2.24, 2.45) is 0 Å². The summed E-state index contributed by atoms with van der Waals surface area (Å²) >= 11 is 0. The topological polar surface area (TPSA) is 25.8 Å². The van der Waals surface area contributed by atoms with Gasteiger partial charge in [0, 0.05) is 40.3 Å². The highest BCUT2D eigenvalue weighted by Crippen LogP contribution is 2.49. The van der Waals surface area contributed by atoms with Crippen LogP contribution in [0.3, 0.4) is 0 Å². The van der Waals surface area contributed by atoms with Crippen LogP contribution in [0.15, 0.2) is 55.0 Å². The van der Waals surface area contributed by atoms with Crippen molar-refractivity contribution in [1.82, 2.24) is 9.97 Å². The Morgan fingerprint density at radius 3 is 2.48 bits per heavy atom. The first-order chi connectivity index (χ1) is 12.8. The molecule has 0 unspecified atom stereocenters. The predicted octanol–water partition coefficient (Wildman–Crippen LogP) is 5.63. The van der Waals surface area contributed by atoms with Crippen LogP contribution in [0.5, 0.6) is 0 Å². The predicted molar refractivity (Wildman–Crippen MR) is 118 cm³/mol. The molecule has 0 fully saturated rings. The van der Waals surface area contributed by atoms with Crippen LogP contribution in [-0.2, 0) is 5.41 Å². The van der Waals surface area contributed by atoms with Gasteiger partial charge in [-0.3, -0.25) is 9.97 Å². The number of benzene rings is 2. The molecule has 2 heterocycles. The molecule has 0 bridgehead atoms. The van der Waals surface area contributed by atoms with Gasteiger partial charge in [0.2, 0.25) is 0 Å². The van der Waals surface area contributed by atoms with Crippen molar-refractivity contribution in [3.63, 3.8) is 0 Å². The maximum Gasteiger partial charge on any atom is 0.0786 e. The van der Waals surface area contributed by atoms with Crippen molar-refractivity contribution in [2.75, 3.05) is 0 Å². The van der Waals surface area contributed by atoms with Gasteiger partial charge in [0.1, 0.15) is 0 Å². The van der Waals surface area contributed by atoms with E-state index in [2.05, 4.69) is 74.9 Å². The molecule has 0 atom stereocenters. The average molecular weight is 369 g/mol. The minimum absolute atomic E-state index is 0.0832. The number of nitrogens with zero attached hydrogens (tertiary/aromatic N) is 2. The van der Waals surface area contributed by atoms with Gasteiger partial charge >= 0.3 is 0 Å². The third-order valence-corrected chi connectivity index (χ3v) is 8.12. The third-order valence-electron chi connectivity index (χ3n) is 6.10. The molecule has 1 aliphatic rings. The second-order valence-corrected chi connectivity index (χ2v) is 14.3. The van der Waals surface area contributed by atoms with E-state index in [0.29, 0.717) is 0 Å². The van der Waals surface area contributed by atoms with Crippen LogP contribution < -0.4 is 5.19 Å². The van der Waals surface area contributed by atoms with Crippen molar-refractivity contribution in [2.45, 2.75) is 38.9 Å². The number of rotatable bonds is 1. The van der Waals surface area contributed by atoms with Gasteiger partial charge < -0.3 is 0 Å². The average Bonchev–Trinajstić information content (AvgIpc) is 2.64. The van der Waals surface area contributed by atoms with Crippen molar-refractivity contribution >= 4 is 34.8 Å². The van der Waals surface area contributed by atoms with E-state index in [0.717, 1.165) is 5.69 Å². The molecule has 1 aliphatic carbocycles. The Bertz CT molecular complexity index is 1230. The second-order valence-electron chi connectivity index (χ2n) is 9.24. The standard InChI is InChI=1S/C24H24N2Si/c1-24(2)20-13-17(27(3,4)5)12-15-8-11-26-23(21(15)20)19-7-6-16-14-25-10-9-18(16)22(19)24/h6-14H,1-5H3.